The highest BCUT2D eigenvalue weighted by Gasteiger charge is 2.50. The van der Waals surface area contributed by atoms with Gasteiger partial charge in [0, 0.05) is 30.7 Å². The Hall–Kier alpha value is -4.22. The van der Waals surface area contributed by atoms with Crippen LogP contribution in [0.2, 0.25) is 0 Å². The Balaban J connectivity index is 1.48. The highest BCUT2D eigenvalue weighted by molar-refractivity contribution is 6.01. The van der Waals surface area contributed by atoms with Gasteiger partial charge in [-0.3, -0.25) is 9.69 Å². The molecule has 0 aliphatic carbocycles. The Morgan fingerprint density at radius 1 is 0.795 bits per heavy atom. The molecule has 0 N–H and O–H groups in total. The molecular weight excluding hydrogens is 484 g/mol. The van der Waals surface area contributed by atoms with Crippen molar-refractivity contribution in [3.8, 4) is 0 Å². The van der Waals surface area contributed by atoms with Gasteiger partial charge in [0.05, 0.1) is 0 Å². The van der Waals surface area contributed by atoms with Gasteiger partial charge in [0.25, 0.3) is 5.91 Å². The normalized spacial score (nSPS) is 17.3. The summed E-state index contributed by atoms with van der Waals surface area (Å²) in [6.07, 6.45) is -0.883. The van der Waals surface area contributed by atoms with Gasteiger partial charge in [-0.25, -0.2) is 4.79 Å². The summed E-state index contributed by atoms with van der Waals surface area (Å²) in [5.41, 5.74) is 3.28. The summed E-state index contributed by atoms with van der Waals surface area (Å²) in [4.78, 5) is 31.6. The predicted molar refractivity (Wildman–Crippen MR) is 154 cm³/mol. The Morgan fingerprint density at radius 3 is 1.77 bits per heavy atom. The number of hydrogen-bond donors (Lipinski definition) is 0. The zero-order chi connectivity index (χ0) is 27.2. The van der Waals surface area contributed by atoms with E-state index in [9.17, 15) is 9.59 Å². The SMILES string of the molecule is CC1(C)CN(c2ccccc2)C(=O)[C@H]1OC(=O)[C@H](c1ccccc1)N(Cc1ccccc1)Cc1ccccc1. The lowest BCUT2D eigenvalue weighted by atomic mass is 9.89. The second-order valence-corrected chi connectivity index (χ2v) is 10.8. The number of carbonyl (C=O) groups is 2. The third-order valence-corrected chi connectivity index (χ3v) is 7.23. The van der Waals surface area contributed by atoms with E-state index in [1.807, 2.05) is 111 Å². The molecule has 2 atom stereocenters. The molecule has 0 radical (unpaired) electrons. The summed E-state index contributed by atoms with van der Waals surface area (Å²) < 4.78 is 6.19. The number of ether oxygens (including phenoxy) is 1. The summed E-state index contributed by atoms with van der Waals surface area (Å²) in [5.74, 6) is -0.613. The molecular formula is C34H34N2O3. The van der Waals surface area contributed by atoms with Crippen LogP contribution in [-0.4, -0.2) is 29.4 Å². The van der Waals surface area contributed by atoms with Gasteiger partial charge in [-0.1, -0.05) is 123 Å². The summed E-state index contributed by atoms with van der Waals surface area (Å²) >= 11 is 0. The molecule has 0 aromatic heterocycles. The molecule has 4 aromatic rings. The number of rotatable bonds is 9. The number of para-hydroxylation sites is 1. The first-order valence-corrected chi connectivity index (χ1v) is 13.4. The van der Waals surface area contributed by atoms with Gasteiger partial charge in [0.15, 0.2) is 6.10 Å². The average Bonchev–Trinajstić information content (AvgIpc) is 3.19. The lowest BCUT2D eigenvalue weighted by molar-refractivity contribution is -0.164. The lowest BCUT2D eigenvalue weighted by Crippen LogP contribution is -2.41. The number of amides is 1. The molecule has 1 aliphatic heterocycles. The standard InChI is InChI=1S/C34H34N2O3/c1-34(2)25-36(29-21-13-6-14-22-29)32(37)31(34)39-33(38)30(28-19-11-5-12-20-28)35(23-26-15-7-3-8-16-26)24-27-17-9-4-10-18-27/h3-22,30-31H,23-25H2,1-2H3/t30-,31+/m0/s1. The van der Waals surface area contributed by atoms with Gasteiger partial charge in [0.2, 0.25) is 0 Å². The maximum absolute atomic E-state index is 14.2. The van der Waals surface area contributed by atoms with E-state index in [0.717, 1.165) is 22.4 Å². The van der Waals surface area contributed by atoms with Crippen molar-refractivity contribution in [2.24, 2.45) is 5.41 Å². The molecule has 1 amide bonds. The summed E-state index contributed by atoms with van der Waals surface area (Å²) in [6, 6.07) is 38.8. The molecule has 5 rings (SSSR count). The third kappa shape index (κ3) is 6.10. The average molecular weight is 519 g/mol. The fourth-order valence-corrected chi connectivity index (χ4v) is 5.27. The summed E-state index contributed by atoms with van der Waals surface area (Å²) in [6.45, 7) is 5.52. The molecule has 1 heterocycles. The van der Waals surface area contributed by atoms with Crippen molar-refractivity contribution in [2.45, 2.75) is 39.1 Å². The number of carbonyl (C=O) groups excluding carboxylic acids is 2. The Kier molecular flexibility index (Phi) is 7.89. The van der Waals surface area contributed by atoms with Crippen LogP contribution in [0.15, 0.2) is 121 Å². The van der Waals surface area contributed by atoms with E-state index in [2.05, 4.69) is 29.2 Å². The molecule has 39 heavy (non-hydrogen) atoms. The first-order chi connectivity index (χ1) is 18.9. The van der Waals surface area contributed by atoms with Crippen LogP contribution in [0.3, 0.4) is 0 Å². The van der Waals surface area contributed by atoms with Crippen LogP contribution in [-0.2, 0) is 27.4 Å². The first kappa shape index (κ1) is 26.4. The fraction of sp³-hybridized carbons (Fsp3) is 0.235. The molecule has 5 nitrogen and oxygen atoms in total. The van der Waals surface area contributed by atoms with Crippen molar-refractivity contribution in [3.05, 3.63) is 138 Å². The van der Waals surface area contributed by atoms with Crippen LogP contribution in [0.1, 0.15) is 36.6 Å². The number of hydrogen-bond acceptors (Lipinski definition) is 4. The minimum absolute atomic E-state index is 0.191. The molecule has 198 valence electrons. The predicted octanol–water partition coefficient (Wildman–Crippen LogP) is 6.41. The number of nitrogens with zero attached hydrogens (tertiary/aromatic N) is 2. The van der Waals surface area contributed by atoms with Gasteiger partial charge in [-0.15, -0.1) is 0 Å². The van der Waals surface area contributed by atoms with Crippen LogP contribution in [0, 0.1) is 5.41 Å². The van der Waals surface area contributed by atoms with Gasteiger partial charge >= 0.3 is 5.97 Å². The van der Waals surface area contributed by atoms with Gasteiger partial charge < -0.3 is 9.64 Å². The molecule has 0 spiro atoms. The van der Waals surface area contributed by atoms with E-state index in [0.29, 0.717) is 19.6 Å². The van der Waals surface area contributed by atoms with Crippen molar-refractivity contribution in [1.82, 2.24) is 4.90 Å². The Labute approximate surface area is 230 Å². The van der Waals surface area contributed by atoms with E-state index >= 15 is 0 Å². The zero-order valence-corrected chi connectivity index (χ0v) is 22.4. The smallest absolute Gasteiger partial charge is 0.328 e. The molecule has 5 heteroatoms. The van der Waals surface area contributed by atoms with Crippen molar-refractivity contribution in [3.63, 3.8) is 0 Å². The van der Waals surface area contributed by atoms with Crippen molar-refractivity contribution in [1.29, 1.82) is 0 Å². The highest BCUT2D eigenvalue weighted by Crippen LogP contribution is 2.37. The van der Waals surface area contributed by atoms with Crippen LogP contribution in [0.4, 0.5) is 5.69 Å². The maximum atomic E-state index is 14.2. The van der Waals surface area contributed by atoms with Crippen molar-refractivity contribution in [2.75, 3.05) is 11.4 Å². The van der Waals surface area contributed by atoms with Gasteiger partial charge in [-0.05, 0) is 28.8 Å². The monoisotopic (exact) mass is 518 g/mol. The van der Waals surface area contributed by atoms with Crippen LogP contribution < -0.4 is 4.90 Å². The molecule has 1 saturated heterocycles. The van der Waals surface area contributed by atoms with Crippen molar-refractivity contribution < 1.29 is 14.3 Å². The largest absolute Gasteiger partial charge is 0.450 e. The molecule has 0 unspecified atom stereocenters. The minimum atomic E-state index is -0.883. The quantitative estimate of drug-likeness (QED) is 0.240. The van der Waals surface area contributed by atoms with Gasteiger partial charge in [-0.2, -0.15) is 0 Å². The highest BCUT2D eigenvalue weighted by atomic mass is 16.6. The molecule has 4 aromatic carbocycles. The number of esters is 1. The zero-order valence-electron chi connectivity index (χ0n) is 22.4. The van der Waals surface area contributed by atoms with E-state index in [1.165, 1.54) is 0 Å². The Bertz CT molecular complexity index is 1330. The number of benzene rings is 4. The summed E-state index contributed by atoms with van der Waals surface area (Å²) in [7, 11) is 0. The van der Waals surface area contributed by atoms with E-state index in [1.54, 1.807) is 4.90 Å². The second-order valence-electron chi connectivity index (χ2n) is 10.8. The fourth-order valence-electron chi connectivity index (χ4n) is 5.27. The molecule has 0 bridgehead atoms. The van der Waals surface area contributed by atoms with E-state index < -0.39 is 23.5 Å². The van der Waals surface area contributed by atoms with E-state index in [-0.39, 0.29) is 5.91 Å². The minimum Gasteiger partial charge on any atom is -0.450 e. The van der Waals surface area contributed by atoms with Gasteiger partial charge in [0.1, 0.15) is 6.04 Å². The third-order valence-electron chi connectivity index (χ3n) is 7.23. The summed E-state index contributed by atoms with van der Waals surface area (Å²) in [5, 5.41) is 0. The molecule has 1 fully saturated rings. The Morgan fingerprint density at radius 2 is 1.26 bits per heavy atom. The second kappa shape index (κ2) is 11.7. The first-order valence-electron chi connectivity index (χ1n) is 13.4. The topological polar surface area (TPSA) is 49.9 Å². The van der Waals surface area contributed by atoms with Crippen molar-refractivity contribution >= 4 is 17.6 Å². The van der Waals surface area contributed by atoms with Crippen LogP contribution in [0.25, 0.3) is 0 Å². The lowest BCUT2D eigenvalue weighted by Gasteiger charge is -2.33. The maximum Gasteiger partial charge on any atom is 0.328 e. The number of anilines is 1. The van der Waals surface area contributed by atoms with E-state index in [4.69, 9.17) is 4.74 Å². The molecule has 0 saturated carbocycles. The van der Waals surface area contributed by atoms with Crippen LogP contribution in [0.5, 0.6) is 0 Å². The molecule has 1 aliphatic rings. The van der Waals surface area contributed by atoms with Crippen LogP contribution >= 0.6 is 0 Å².